The van der Waals surface area contributed by atoms with Crippen molar-refractivity contribution in [3.05, 3.63) is 59.7 Å². The molecule has 0 radical (unpaired) electrons. The summed E-state index contributed by atoms with van der Waals surface area (Å²) in [5.74, 6) is -1.22. The molecule has 2 aromatic rings. The maximum Gasteiger partial charge on any atom is 0.340 e. The van der Waals surface area contributed by atoms with Gasteiger partial charge in [0.05, 0.1) is 17.9 Å². The van der Waals surface area contributed by atoms with Crippen LogP contribution in [0.25, 0.3) is 0 Å². The monoisotopic (exact) mass is 396 g/mol. The standard InChI is InChI=1S/C22H24N2O5/c1-4-29-22(28)19-10-5-6-11-20(19)23-21(27)12-13-24(16(3)26)18-9-7-8-17(14-18)15(2)25/h5-11,14H,4,12-13H2,1-3H3,(H,23,27). The van der Waals surface area contributed by atoms with Gasteiger partial charge >= 0.3 is 5.97 Å². The average Bonchev–Trinajstić information content (AvgIpc) is 2.68. The van der Waals surface area contributed by atoms with Gasteiger partial charge in [0.25, 0.3) is 0 Å². The Kier molecular flexibility index (Phi) is 7.65. The first kappa shape index (κ1) is 21.8. The number of hydrogen-bond donors (Lipinski definition) is 1. The predicted molar refractivity (Wildman–Crippen MR) is 110 cm³/mol. The summed E-state index contributed by atoms with van der Waals surface area (Å²) in [6.07, 6.45) is 0.0149. The molecule has 152 valence electrons. The second-order valence-corrected chi connectivity index (χ2v) is 6.34. The Hall–Kier alpha value is -3.48. The minimum absolute atomic E-state index is 0.0149. The summed E-state index contributed by atoms with van der Waals surface area (Å²) in [7, 11) is 0. The Morgan fingerprint density at radius 3 is 2.38 bits per heavy atom. The molecule has 2 aromatic carbocycles. The van der Waals surface area contributed by atoms with Gasteiger partial charge in [-0.05, 0) is 38.1 Å². The molecule has 0 atom stereocenters. The van der Waals surface area contributed by atoms with Crippen molar-refractivity contribution in [2.24, 2.45) is 0 Å². The van der Waals surface area contributed by atoms with Crippen LogP contribution in [0.15, 0.2) is 48.5 Å². The lowest BCUT2D eigenvalue weighted by atomic mass is 10.1. The Balaban J connectivity index is 2.09. The molecule has 0 aliphatic rings. The number of para-hydroxylation sites is 1. The smallest absolute Gasteiger partial charge is 0.340 e. The summed E-state index contributed by atoms with van der Waals surface area (Å²) in [5.41, 5.74) is 1.65. The quantitative estimate of drug-likeness (QED) is 0.545. The van der Waals surface area contributed by atoms with E-state index in [1.807, 2.05) is 0 Å². The minimum Gasteiger partial charge on any atom is -0.462 e. The Bertz CT molecular complexity index is 923. The first-order valence-electron chi connectivity index (χ1n) is 9.28. The molecule has 0 spiro atoms. The highest BCUT2D eigenvalue weighted by Crippen LogP contribution is 2.19. The van der Waals surface area contributed by atoms with Crippen LogP contribution in [0.3, 0.4) is 0 Å². The van der Waals surface area contributed by atoms with E-state index in [0.717, 1.165) is 0 Å². The maximum atomic E-state index is 12.4. The fraction of sp³-hybridized carbons (Fsp3) is 0.273. The van der Waals surface area contributed by atoms with Crippen LogP contribution in [0.1, 0.15) is 47.9 Å². The van der Waals surface area contributed by atoms with E-state index in [1.165, 1.54) is 18.7 Å². The second-order valence-electron chi connectivity index (χ2n) is 6.34. The Morgan fingerprint density at radius 1 is 1.00 bits per heavy atom. The normalized spacial score (nSPS) is 10.2. The van der Waals surface area contributed by atoms with Gasteiger partial charge in [0.2, 0.25) is 11.8 Å². The first-order chi connectivity index (χ1) is 13.8. The van der Waals surface area contributed by atoms with E-state index in [9.17, 15) is 19.2 Å². The van der Waals surface area contributed by atoms with E-state index < -0.39 is 5.97 Å². The molecule has 2 amide bonds. The Labute approximate surface area is 169 Å². The number of carbonyl (C=O) groups excluding carboxylic acids is 4. The largest absolute Gasteiger partial charge is 0.462 e. The van der Waals surface area contributed by atoms with Gasteiger partial charge in [0.15, 0.2) is 5.78 Å². The molecule has 0 aliphatic carbocycles. The molecule has 0 fully saturated rings. The van der Waals surface area contributed by atoms with Crippen LogP contribution >= 0.6 is 0 Å². The number of nitrogens with zero attached hydrogens (tertiary/aromatic N) is 1. The number of nitrogens with one attached hydrogen (secondary N) is 1. The molecule has 0 heterocycles. The van der Waals surface area contributed by atoms with Crippen molar-refractivity contribution in [1.82, 2.24) is 0 Å². The average molecular weight is 396 g/mol. The molecule has 0 bridgehead atoms. The number of benzene rings is 2. The zero-order valence-electron chi connectivity index (χ0n) is 16.7. The molecule has 29 heavy (non-hydrogen) atoms. The number of anilines is 2. The van der Waals surface area contributed by atoms with Crippen molar-refractivity contribution < 1.29 is 23.9 Å². The van der Waals surface area contributed by atoms with Crippen molar-refractivity contribution in [2.45, 2.75) is 27.2 Å². The van der Waals surface area contributed by atoms with Crippen molar-refractivity contribution in [3.8, 4) is 0 Å². The van der Waals surface area contributed by atoms with E-state index in [2.05, 4.69) is 5.32 Å². The van der Waals surface area contributed by atoms with Gasteiger partial charge in [-0.1, -0.05) is 24.3 Å². The molecular weight excluding hydrogens is 372 g/mol. The highest BCUT2D eigenvalue weighted by Gasteiger charge is 2.17. The highest BCUT2D eigenvalue weighted by molar-refractivity contribution is 6.02. The molecule has 1 N–H and O–H groups in total. The van der Waals surface area contributed by atoms with Crippen LogP contribution in [-0.4, -0.2) is 36.7 Å². The summed E-state index contributed by atoms with van der Waals surface area (Å²) in [5, 5.41) is 2.69. The summed E-state index contributed by atoms with van der Waals surface area (Å²) >= 11 is 0. The lowest BCUT2D eigenvalue weighted by molar-refractivity contribution is -0.117. The summed E-state index contributed by atoms with van der Waals surface area (Å²) in [6, 6.07) is 13.3. The molecule has 7 heteroatoms. The third-order valence-electron chi connectivity index (χ3n) is 4.20. The van der Waals surface area contributed by atoms with Gasteiger partial charge in [-0.3, -0.25) is 14.4 Å². The molecule has 0 aromatic heterocycles. The van der Waals surface area contributed by atoms with Crippen LogP contribution in [0, 0.1) is 0 Å². The number of rotatable bonds is 8. The van der Waals surface area contributed by atoms with Gasteiger partial charge in [0.1, 0.15) is 0 Å². The zero-order chi connectivity index (χ0) is 21.4. The topological polar surface area (TPSA) is 92.8 Å². The number of Topliss-reactive ketones (excluding diaryl/α,β-unsaturated/α-hetero) is 1. The van der Waals surface area contributed by atoms with Crippen molar-refractivity contribution in [3.63, 3.8) is 0 Å². The Morgan fingerprint density at radius 2 is 1.72 bits per heavy atom. The van der Waals surface area contributed by atoms with Crippen LogP contribution in [0.5, 0.6) is 0 Å². The SMILES string of the molecule is CCOC(=O)c1ccccc1NC(=O)CCN(C(C)=O)c1cccc(C(C)=O)c1. The fourth-order valence-electron chi connectivity index (χ4n) is 2.77. The maximum absolute atomic E-state index is 12.4. The van der Waals surface area contributed by atoms with Crippen molar-refractivity contribution in [2.75, 3.05) is 23.4 Å². The zero-order valence-corrected chi connectivity index (χ0v) is 16.7. The van der Waals surface area contributed by atoms with Gasteiger partial charge in [-0.2, -0.15) is 0 Å². The van der Waals surface area contributed by atoms with E-state index in [0.29, 0.717) is 16.9 Å². The van der Waals surface area contributed by atoms with Gasteiger partial charge in [0, 0.05) is 31.1 Å². The summed E-state index contributed by atoms with van der Waals surface area (Å²) in [6.45, 7) is 4.91. The van der Waals surface area contributed by atoms with Gasteiger partial charge in [-0.15, -0.1) is 0 Å². The number of hydrogen-bond acceptors (Lipinski definition) is 5. The third-order valence-corrected chi connectivity index (χ3v) is 4.20. The fourth-order valence-corrected chi connectivity index (χ4v) is 2.77. The number of carbonyl (C=O) groups is 4. The molecule has 0 aliphatic heterocycles. The van der Waals surface area contributed by atoms with Crippen LogP contribution in [0.4, 0.5) is 11.4 Å². The number of ketones is 1. The van der Waals surface area contributed by atoms with Crippen LogP contribution in [-0.2, 0) is 14.3 Å². The first-order valence-corrected chi connectivity index (χ1v) is 9.28. The predicted octanol–water partition coefficient (Wildman–Crippen LogP) is 3.45. The third kappa shape index (κ3) is 6.00. The lowest BCUT2D eigenvalue weighted by Gasteiger charge is -2.21. The number of amides is 2. The molecule has 0 saturated carbocycles. The van der Waals surface area contributed by atoms with E-state index in [-0.39, 0.29) is 42.7 Å². The second kappa shape index (κ2) is 10.2. The summed E-state index contributed by atoms with van der Waals surface area (Å²) in [4.78, 5) is 49.5. The molecule has 7 nitrogen and oxygen atoms in total. The van der Waals surface area contributed by atoms with Gasteiger partial charge in [-0.25, -0.2) is 4.79 Å². The number of ether oxygens (including phenoxy) is 1. The minimum atomic E-state index is -0.519. The molecule has 2 rings (SSSR count). The van der Waals surface area contributed by atoms with E-state index >= 15 is 0 Å². The molecular formula is C22H24N2O5. The van der Waals surface area contributed by atoms with E-state index in [1.54, 1.807) is 55.5 Å². The molecule has 0 saturated heterocycles. The summed E-state index contributed by atoms with van der Waals surface area (Å²) < 4.78 is 5.00. The van der Waals surface area contributed by atoms with Gasteiger partial charge < -0.3 is 15.0 Å². The molecule has 0 unspecified atom stereocenters. The number of esters is 1. The lowest BCUT2D eigenvalue weighted by Crippen LogP contribution is -2.32. The van der Waals surface area contributed by atoms with Crippen LogP contribution in [0.2, 0.25) is 0 Å². The highest BCUT2D eigenvalue weighted by atomic mass is 16.5. The van der Waals surface area contributed by atoms with Crippen molar-refractivity contribution in [1.29, 1.82) is 0 Å². The van der Waals surface area contributed by atoms with E-state index in [4.69, 9.17) is 4.74 Å². The van der Waals surface area contributed by atoms with Crippen molar-refractivity contribution >= 4 is 34.9 Å². The van der Waals surface area contributed by atoms with Crippen LogP contribution < -0.4 is 10.2 Å².